The maximum Gasteiger partial charge on any atom is 0.410 e. The van der Waals surface area contributed by atoms with Crippen molar-refractivity contribution >= 4 is 153 Å². The first-order chi connectivity index (χ1) is 56.7. The maximum atomic E-state index is 14.8. The monoisotopic (exact) mass is 1710 g/mol. The fourth-order valence-electron chi connectivity index (χ4n) is 14.6. The van der Waals surface area contributed by atoms with Gasteiger partial charge in [-0.15, -0.1) is 0 Å². The molecule has 25 nitrogen and oxygen atoms in total. The second-order valence-electron chi connectivity index (χ2n) is 34.0. The molecule has 15 heterocycles. The van der Waals surface area contributed by atoms with Crippen LogP contribution in [-0.2, 0) is 11.3 Å². The number of hydrogen-bond donors (Lipinski definition) is 8. The summed E-state index contributed by atoms with van der Waals surface area (Å²) in [4.78, 5) is 62.0. The molecule has 0 atom stereocenters. The van der Waals surface area contributed by atoms with Gasteiger partial charge >= 0.3 is 6.09 Å². The summed E-state index contributed by atoms with van der Waals surface area (Å²) in [6, 6.07) is 34.9. The molecule has 9 N–H and O–H groups in total. The molecule has 4 aliphatic heterocycles. The molecule has 11 aromatic heterocycles. The Hall–Kier alpha value is -9.32. The Balaban J connectivity index is 0.000000137. The van der Waals surface area contributed by atoms with Gasteiger partial charge in [-0.2, -0.15) is 5.10 Å². The predicted octanol–water partition coefficient (Wildman–Crippen LogP) is 19.2. The Morgan fingerprint density at radius 2 is 0.866 bits per heavy atom. The van der Waals surface area contributed by atoms with E-state index in [0.29, 0.717) is 61.7 Å². The lowest BCUT2D eigenvalue weighted by atomic mass is 9.84. The van der Waals surface area contributed by atoms with Gasteiger partial charge in [0.05, 0.1) is 51.3 Å². The van der Waals surface area contributed by atoms with Crippen LogP contribution in [0, 0.1) is 5.82 Å². The molecule has 1 aliphatic carbocycles. The number of pyridine rings is 10. The third-order valence-corrected chi connectivity index (χ3v) is 23.1. The first kappa shape index (κ1) is 89.0. The van der Waals surface area contributed by atoms with Crippen molar-refractivity contribution in [3.63, 3.8) is 0 Å². The molecule has 4 saturated heterocycles. The smallest absolute Gasteiger partial charge is 0.410 e. The molecule has 630 valence electrons. The van der Waals surface area contributed by atoms with Crippen LogP contribution in [0.2, 0.25) is 25.8 Å². The Labute approximate surface area is 720 Å². The van der Waals surface area contributed by atoms with Crippen LogP contribution in [0.4, 0.5) is 44.0 Å². The Morgan fingerprint density at radius 1 is 0.479 bits per heavy atom. The Bertz CT molecular complexity index is 5390. The van der Waals surface area contributed by atoms with E-state index in [2.05, 4.69) is 140 Å². The van der Waals surface area contributed by atoms with Crippen molar-refractivity contribution in [2.75, 3.05) is 93.0 Å². The topological polar surface area (TPSA) is 301 Å². The number of benzene rings is 1. The number of fused-ring (bicyclic) bond motifs is 5. The third-order valence-electron chi connectivity index (χ3n) is 22.1. The molecule has 119 heavy (non-hydrogen) atoms. The Kier molecular flexibility index (Phi) is 29.5. The molecule has 0 spiro atoms. The molecule has 5 fully saturated rings. The molecule has 31 heteroatoms. The molecule has 0 bridgehead atoms. The van der Waals surface area contributed by atoms with Gasteiger partial charge in [-0.05, 0) is 226 Å². The number of likely N-dealkylation sites (tertiary alicyclic amines) is 3. The number of aromatic nitrogens is 12. The SMILES string of the molecule is CC1(N)CCCCC1.CC1(Nc2ccc3cnc(Cl)cc3n2)CCN(C(=O)OC(C)(C)C)CC1.CC1(Nc2ccc3cnc(Cl)cc3n2)CCNCC1.CN1CCC(C)(Nc2ccc3cnc(Cl)cc3n2)CC1.CN1CCC(C)(Nc2ccc3cnc(Nc4ccc(-n5ccc(CO)n5)cc4F)cc3n2)CC1.Clc1cc2nc(Cl)ccc2cn1. The quantitative estimate of drug-likeness (QED) is 0.0527. The number of halogens is 6. The molecular formula is C88H108Cl5FN22O3. The van der Waals surface area contributed by atoms with E-state index in [1.807, 2.05) is 81.4 Å². The van der Waals surface area contributed by atoms with E-state index in [1.165, 1.54) is 42.9 Å². The molecule has 0 radical (unpaired) electrons. The molecular weight excluding hydrogens is 1610 g/mol. The number of nitrogens with zero attached hydrogens (tertiary/aromatic N) is 15. The van der Waals surface area contributed by atoms with Crippen LogP contribution in [0.5, 0.6) is 0 Å². The van der Waals surface area contributed by atoms with Gasteiger partial charge in [0.2, 0.25) is 0 Å². The minimum Gasteiger partial charge on any atom is -0.444 e. The van der Waals surface area contributed by atoms with Gasteiger partial charge in [-0.25, -0.2) is 63.7 Å². The van der Waals surface area contributed by atoms with E-state index < -0.39 is 11.4 Å². The van der Waals surface area contributed by atoms with Gasteiger partial charge in [0.15, 0.2) is 0 Å². The van der Waals surface area contributed by atoms with E-state index in [-0.39, 0.29) is 40.4 Å². The summed E-state index contributed by atoms with van der Waals surface area (Å²) in [5, 5.41) is 41.2. The fourth-order valence-corrected chi connectivity index (χ4v) is 15.4. The van der Waals surface area contributed by atoms with Gasteiger partial charge < -0.3 is 62.2 Å². The summed E-state index contributed by atoms with van der Waals surface area (Å²) in [5.74, 6) is 3.52. The van der Waals surface area contributed by atoms with E-state index in [0.717, 1.165) is 168 Å². The lowest BCUT2D eigenvalue weighted by molar-refractivity contribution is 0.0184. The van der Waals surface area contributed by atoms with E-state index in [1.54, 1.807) is 90.6 Å². The summed E-state index contributed by atoms with van der Waals surface area (Å²) in [5.41, 5.74) is 11.2. The largest absolute Gasteiger partial charge is 0.444 e. The van der Waals surface area contributed by atoms with Crippen LogP contribution in [0.1, 0.15) is 145 Å². The van der Waals surface area contributed by atoms with Crippen molar-refractivity contribution in [2.45, 2.75) is 179 Å². The molecule has 1 saturated carbocycles. The van der Waals surface area contributed by atoms with Crippen LogP contribution >= 0.6 is 58.0 Å². The molecule has 5 aliphatic rings. The van der Waals surface area contributed by atoms with Gasteiger partial charge in [0, 0.05) is 167 Å². The molecule has 1 amide bonds. The van der Waals surface area contributed by atoms with Crippen LogP contribution in [-0.4, -0.2) is 185 Å². The standard InChI is InChI=1S/C25H28FN7O.C19H25ClN4O2.C15H19ClN4.C14H17ClN4.C8H4Cl2N2.C7H15N/c1-25(8-11-32(2)12-9-25)30-23-6-3-17-15-27-24(14-22(17)29-23)28-21-5-4-19(13-20(21)26)33-10-7-18(16-34)31-33;1-18(2,3)26-17(25)24-9-7-19(4,8-10-24)23-16-6-5-13-12-21-15(20)11-14(13)22-16;1-15(5-7-20(2)8-6-15)19-14-4-3-11-10-17-13(16)9-12(11)18-14;1-14(4-6-16-7-5-14)19-13-3-2-10-9-17-12(15)8-11(10)18-13;9-7-2-1-5-4-11-8(10)3-6(5)12-7;1-7(8)5-3-2-4-6-7/h3-7,10,13-15,34H,8-9,11-12,16H2,1-2H3,(H,27,28)(H,29,30);5-6,11-12H,7-10H2,1-4H3,(H,22,23);3-4,9-10H,5-8H2,1-2H3,(H,18,19);2-3,8-9,16H,4-7H2,1H3,(H,18,19);1-4H;2-6,8H2,1H3. The van der Waals surface area contributed by atoms with Gasteiger partial charge in [-0.3, -0.25) is 0 Å². The highest BCUT2D eigenvalue weighted by Gasteiger charge is 2.35. The van der Waals surface area contributed by atoms with Crippen molar-refractivity contribution in [2.24, 2.45) is 5.73 Å². The summed E-state index contributed by atoms with van der Waals surface area (Å²) in [7, 11) is 4.32. The fraction of sp³-hybridized carbons (Fsp3) is 0.432. The normalized spacial score (nSPS) is 17.4. The van der Waals surface area contributed by atoms with Gasteiger partial charge in [0.25, 0.3) is 0 Å². The van der Waals surface area contributed by atoms with Gasteiger partial charge in [0.1, 0.15) is 66.3 Å². The first-order valence-corrected chi connectivity index (χ1v) is 42.4. The number of anilines is 6. The molecule has 1 aromatic carbocycles. The van der Waals surface area contributed by atoms with Crippen LogP contribution in [0.15, 0.2) is 152 Å². The number of carbonyl (C=O) groups excluding carboxylic acids is 1. The molecule has 12 aromatic rings. The number of aliphatic hydroxyl groups excluding tert-OH is 1. The summed E-state index contributed by atoms with van der Waals surface area (Å²) in [6.45, 7) is 24.3. The predicted molar refractivity (Wildman–Crippen MR) is 482 cm³/mol. The van der Waals surface area contributed by atoms with Crippen molar-refractivity contribution in [1.82, 2.24) is 79.6 Å². The number of piperidine rings is 4. The highest BCUT2D eigenvalue weighted by molar-refractivity contribution is 6.31. The zero-order chi connectivity index (χ0) is 84.7. The lowest BCUT2D eigenvalue weighted by Gasteiger charge is -2.40. The highest BCUT2D eigenvalue weighted by atomic mass is 35.5. The second kappa shape index (κ2) is 39.5. The maximum absolute atomic E-state index is 14.8. The number of ether oxygens (including phenoxy) is 1. The number of amides is 1. The average Bonchev–Trinajstić information content (AvgIpc) is 0.970. The summed E-state index contributed by atoms with van der Waals surface area (Å²) >= 11 is 29.2. The van der Waals surface area contributed by atoms with E-state index in [4.69, 9.17) is 73.5 Å². The van der Waals surface area contributed by atoms with Gasteiger partial charge in [-0.1, -0.05) is 77.3 Å². The summed E-state index contributed by atoms with van der Waals surface area (Å²) in [6.07, 6.45) is 24.8. The lowest BCUT2D eigenvalue weighted by Crippen LogP contribution is -2.50. The molecule has 0 unspecified atom stereocenters. The minimum absolute atomic E-state index is 0.0126. The van der Waals surface area contributed by atoms with Crippen LogP contribution < -0.4 is 37.6 Å². The average molecular weight is 1720 g/mol. The van der Waals surface area contributed by atoms with E-state index in [9.17, 15) is 14.3 Å². The number of rotatable bonds is 12. The van der Waals surface area contributed by atoms with Crippen molar-refractivity contribution in [1.29, 1.82) is 0 Å². The summed E-state index contributed by atoms with van der Waals surface area (Å²) < 4.78 is 21.8. The van der Waals surface area contributed by atoms with E-state index >= 15 is 0 Å². The third kappa shape index (κ3) is 26.1. The first-order valence-electron chi connectivity index (χ1n) is 40.5. The van der Waals surface area contributed by atoms with Crippen molar-refractivity contribution in [3.8, 4) is 5.69 Å². The number of hydrogen-bond acceptors (Lipinski definition) is 23. The second-order valence-corrected chi connectivity index (χ2v) is 35.9. The number of nitrogens with one attached hydrogen (secondary N) is 6. The number of carbonyl (C=O) groups is 1. The van der Waals surface area contributed by atoms with Crippen LogP contribution in [0.3, 0.4) is 0 Å². The Morgan fingerprint density at radius 3 is 1.25 bits per heavy atom. The zero-order valence-corrected chi connectivity index (χ0v) is 73.1. The highest BCUT2D eigenvalue weighted by Crippen LogP contribution is 2.34. The minimum atomic E-state index is -0.471. The molecule has 17 rings (SSSR count). The van der Waals surface area contributed by atoms with Crippen molar-refractivity contribution in [3.05, 3.63) is 190 Å². The number of nitrogens with two attached hydrogens (primary N) is 1. The van der Waals surface area contributed by atoms with Crippen molar-refractivity contribution < 1.29 is 19.0 Å². The zero-order valence-electron chi connectivity index (χ0n) is 69.3. The number of aliphatic hydroxyl groups is 1. The van der Waals surface area contributed by atoms with Crippen LogP contribution in [0.25, 0.3) is 60.2 Å².